The number of aromatic nitrogens is 1. The Morgan fingerprint density at radius 2 is 1.58 bits per heavy atom. The summed E-state index contributed by atoms with van der Waals surface area (Å²) in [5, 5.41) is 8.82. The van der Waals surface area contributed by atoms with Crippen molar-refractivity contribution in [2.24, 2.45) is 23.7 Å². The molecule has 1 aromatic heterocycles. The first kappa shape index (κ1) is 54.7. The quantitative estimate of drug-likeness (QED) is 0.0714. The van der Waals surface area contributed by atoms with E-state index in [0.717, 1.165) is 23.4 Å². The number of carbonyl (C=O) groups excluding carboxylic acids is 4. The first-order chi connectivity index (χ1) is 30.8. The average molecular weight is 920 g/mol. The second kappa shape index (κ2) is 29.8. The predicted molar refractivity (Wildman–Crippen MR) is 246 cm³/mol. The van der Waals surface area contributed by atoms with E-state index in [0.29, 0.717) is 72.2 Å². The number of methoxy groups -OCH3 is 2. The smallest absolute Gasteiger partial charge is 0.242 e. The normalized spacial score (nSPS) is 17.4. The van der Waals surface area contributed by atoms with Gasteiger partial charge >= 0.3 is 0 Å². The molecule has 8 atom stereocenters. The highest BCUT2D eigenvalue weighted by molar-refractivity contribution is 7.09. The number of thiazole rings is 1. The Morgan fingerprint density at radius 1 is 0.922 bits per heavy atom. The van der Waals surface area contributed by atoms with Crippen LogP contribution in [0.3, 0.4) is 0 Å². The second-order valence-electron chi connectivity index (χ2n) is 16.9. The SMILES string of the molecule is CCC(C)C(C(CC(=O)N1CCCC1C(OC)C(C)C(=O)NC(Cc1ccccc1)c1nccs1)OC)N(C)C(=O)CNC(=O)C(C(C)C)N(C)CCOCCOCCOCCON. The molecular formula is C46H77N7O10S. The van der Waals surface area contributed by atoms with Crippen LogP contribution in [0.4, 0.5) is 0 Å². The van der Waals surface area contributed by atoms with E-state index in [1.54, 1.807) is 32.4 Å². The lowest BCUT2D eigenvalue weighted by atomic mass is 9.90. The van der Waals surface area contributed by atoms with Gasteiger partial charge in [-0.1, -0.05) is 71.4 Å². The molecule has 8 unspecified atom stereocenters. The third kappa shape index (κ3) is 17.3. The number of likely N-dealkylation sites (tertiary alicyclic amines) is 1. The molecule has 3 rings (SSSR count). The van der Waals surface area contributed by atoms with Crippen molar-refractivity contribution >= 4 is 35.0 Å². The molecule has 64 heavy (non-hydrogen) atoms. The van der Waals surface area contributed by atoms with E-state index in [9.17, 15) is 19.2 Å². The lowest BCUT2D eigenvalue weighted by molar-refractivity contribution is -0.146. The monoisotopic (exact) mass is 920 g/mol. The number of carbonyl (C=O) groups is 4. The van der Waals surface area contributed by atoms with Crippen LogP contribution < -0.4 is 16.5 Å². The van der Waals surface area contributed by atoms with E-state index in [-0.39, 0.29) is 60.5 Å². The highest BCUT2D eigenvalue weighted by Gasteiger charge is 2.42. The standard InChI is InChI=1S/C46H77N7O10S/c1-10-33(4)42(52(7)40(55)31-49-45(57)41(32(2)3)51(6)20-21-60-22-23-61-24-25-62-26-27-63-47)38(58-8)30-39(54)53-19-14-17-37(53)43(59-9)34(5)44(56)50-36(46-48-18-28-64-46)29-35-15-12-11-13-16-35/h11-13,15-16,18,28,32-34,36-38,41-43H,10,14,17,19-27,29-31,47H2,1-9H3,(H,49,57)(H,50,56). The molecule has 1 aliphatic heterocycles. The van der Waals surface area contributed by atoms with E-state index in [4.69, 9.17) is 29.6 Å². The number of rotatable bonds is 32. The molecule has 1 saturated heterocycles. The Morgan fingerprint density at radius 3 is 2.16 bits per heavy atom. The summed E-state index contributed by atoms with van der Waals surface area (Å²) in [6.45, 7) is 13.5. The van der Waals surface area contributed by atoms with E-state index >= 15 is 0 Å². The number of nitrogens with two attached hydrogens (primary N) is 1. The molecule has 362 valence electrons. The van der Waals surface area contributed by atoms with Crippen LogP contribution in [0.25, 0.3) is 0 Å². The fraction of sp³-hybridized carbons (Fsp3) is 0.717. The Hall–Kier alpha value is -3.59. The van der Waals surface area contributed by atoms with Crippen LogP contribution in [0.2, 0.25) is 0 Å². The maximum absolute atomic E-state index is 14.3. The van der Waals surface area contributed by atoms with E-state index < -0.39 is 30.2 Å². The molecule has 17 nitrogen and oxygen atoms in total. The summed E-state index contributed by atoms with van der Waals surface area (Å²) in [5.74, 6) is 3.48. The van der Waals surface area contributed by atoms with Gasteiger partial charge in [-0.2, -0.15) is 0 Å². The second-order valence-corrected chi connectivity index (χ2v) is 17.8. The molecule has 0 saturated carbocycles. The number of amides is 4. The third-order valence-electron chi connectivity index (χ3n) is 12.1. The third-order valence-corrected chi connectivity index (χ3v) is 13.0. The fourth-order valence-electron chi connectivity index (χ4n) is 8.49. The molecule has 0 bridgehead atoms. The highest BCUT2D eigenvalue weighted by Crippen LogP contribution is 2.30. The van der Waals surface area contributed by atoms with Gasteiger partial charge in [-0.25, -0.2) is 10.9 Å². The van der Waals surface area contributed by atoms with Gasteiger partial charge in [0.1, 0.15) is 5.01 Å². The maximum Gasteiger partial charge on any atom is 0.242 e. The summed E-state index contributed by atoms with van der Waals surface area (Å²) in [7, 11) is 6.71. The molecule has 1 aromatic carbocycles. The van der Waals surface area contributed by atoms with Crippen LogP contribution in [0, 0.1) is 17.8 Å². The van der Waals surface area contributed by atoms with Crippen molar-refractivity contribution in [1.29, 1.82) is 0 Å². The number of nitrogens with one attached hydrogen (secondary N) is 2. The molecule has 0 radical (unpaired) electrons. The summed E-state index contributed by atoms with van der Waals surface area (Å²) in [6.07, 6.45) is 3.36. The first-order valence-corrected chi connectivity index (χ1v) is 23.5. The van der Waals surface area contributed by atoms with E-state index in [2.05, 4.69) is 20.5 Å². The number of benzene rings is 1. The molecule has 0 aliphatic carbocycles. The molecule has 2 aromatic rings. The van der Waals surface area contributed by atoms with Crippen molar-refractivity contribution in [2.45, 2.75) is 103 Å². The van der Waals surface area contributed by atoms with Crippen LogP contribution in [-0.2, 0) is 54.1 Å². The van der Waals surface area contributed by atoms with Crippen molar-refractivity contribution in [3.8, 4) is 0 Å². The minimum atomic E-state index is -0.628. The van der Waals surface area contributed by atoms with Gasteiger partial charge in [0.2, 0.25) is 23.6 Å². The zero-order valence-corrected chi connectivity index (χ0v) is 40.5. The Kier molecular flexibility index (Phi) is 25.5. The van der Waals surface area contributed by atoms with Crippen molar-refractivity contribution in [1.82, 2.24) is 30.3 Å². The first-order valence-electron chi connectivity index (χ1n) is 22.7. The average Bonchev–Trinajstić information content (AvgIpc) is 4.01. The molecule has 0 spiro atoms. The van der Waals surface area contributed by atoms with Gasteiger partial charge in [-0.05, 0) is 43.7 Å². The molecule has 1 fully saturated rings. The van der Waals surface area contributed by atoms with Crippen LogP contribution >= 0.6 is 11.3 Å². The van der Waals surface area contributed by atoms with Gasteiger partial charge in [0.15, 0.2) is 0 Å². The number of nitrogens with zero attached hydrogens (tertiary/aromatic N) is 4. The summed E-state index contributed by atoms with van der Waals surface area (Å²) >= 11 is 1.50. The largest absolute Gasteiger partial charge is 0.379 e. The lowest BCUT2D eigenvalue weighted by Crippen LogP contribution is -2.55. The summed E-state index contributed by atoms with van der Waals surface area (Å²) in [5.41, 5.74) is 1.08. The van der Waals surface area contributed by atoms with Crippen molar-refractivity contribution in [3.05, 3.63) is 52.5 Å². The van der Waals surface area contributed by atoms with Gasteiger partial charge in [0.05, 0.1) is 102 Å². The minimum Gasteiger partial charge on any atom is -0.379 e. The fourth-order valence-corrected chi connectivity index (χ4v) is 9.17. The molecule has 2 heterocycles. The maximum atomic E-state index is 14.3. The molecular weight excluding hydrogens is 843 g/mol. The van der Waals surface area contributed by atoms with Gasteiger partial charge in [0, 0.05) is 45.9 Å². The van der Waals surface area contributed by atoms with Gasteiger partial charge in [0.25, 0.3) is 0 Å². The summed E-state index contributed by atoms with van der Waals surface area (Å²) < 4.78 is 28.6. The molecule has 1 aliphatic rings. The minimum absolute atomic E-state index is 0.0279. The summed E-state index contributed by atoms with van der Waals surface area (Å²) in [4.78, 5) is 69.9. The Labute approximate surface area is 385 Å². The zero-order valence-electron chi connectivity index (χ0n) is 39.7. The lowest BCUT2D eigenvalue weighted by Gasteiger charge is -2.39. The number of hydrogen-bond acceptors (Lipinski definition) is 14. The van der Waals surface area contributed by atoms with Crippen LogP contribution in [-0.4, -0.2) is 168 Å². The Bertz CT molecular complexity index is 1630. The van der Waals surface area contributed by atoms with Crippen LogP contribution in [0.15, 0.2) is 41.9 Å². The van der Waals surface area contributed by atoms with Crippen molar-refractivity contribution in [2.75, 3.05) is 94.2 Å². The van der Waals surface area contributed by atoms with Crippen LogP contribution in [0.1, 0.15) is 76.9 Å². The number of ether oxygens (including phenoxy) is 5. The predicted octanol–water partition coefficient (Wildman–Crippen LogP) is 3.48. The zero-order chi connectivity index (χ0) is 47.0. The van der Waals surface area contributed by atoms with Crippen LogP contribution in [0.5, 0.6) is 0 Å². The summed E-state index contributed by atoms with van der Waals surface area (Å²) in [6, 6.07) is 8.40. The number of likely N-dealkylation sites (N-methyl/N-ethyl adjacent to an activating group) is 2. The molecule has 4 amide bonds. The van der Waals surface area contributed by atoms with Crippen molar-refractivity contribution < 1.29 is 47.7 Å². The van der Waals surface area contributed by atoms with Crippen molar-refractivity contribution in [3.63, 3.8) is 0 Å². The van der Waals surface area contributed by atoms with E-state index in [1.165, 1.54) is 11.3 Å². The van der Waals surface area contributed by atoms with Gasteiger partial charge in [-0.3, -0.25) is 24.1 Å². The van der Waals surface area contributed by atoms with E-state index in [1.807, 2.05) is 87.2 Å². The molecule has 4 N–H and O–H groups in total. The van der Waals surface area contributed by atoms with Gasteiger partial charge < -0.3 is 49.0 Å². The molecule has 18 heteroatoms. The topological polar surface area (TPSA) is 196 Å². The Balaban J connectivity index is 1.59. The highest BCUT2D eigenvalue weighted by atomic mass is 32.1. The number of hydrogen-bond donors (Lipinski definition) is 3. The van der Waals surface area contributed by atoms with Gasteiger partial charge in [-0.15, -0.1) is 11.3 Å².